The van der Waals surface area contributed by atoms with E-state index in [1.807, 2.05) is 48.2 Å². The van der Waals surface area contributed by atoms with Gasteiger partial charge in [-0.3, -0.25) is 9.36 Å². The van der Waals surface area contributed by atoms with E-state index in [-0.39, 0.29) is 11.6 Å². The molecule has 0 radical (unpaired) electrons. The van der Waals surface area contributed by atoms with Gasteiger partial charge in [-0.1, -0.05) is 25.1 Å². The first kappa shape index (κ1) is 19.9. The summed E-state index contributed by atoms with van der Waals surface area (Å²) in [6.45, 7) is 6.69. The van der Waals surface area contributed by atoms with Crippen LogP contribution in [0.25, 0.3) is 11.2 Å². The van der Waals surface area contributed by atoms with Gasteiger partial charge in [0.2, 0.25) is 0 Å². The molecule has 1 aromatic carbocycles. The Labute approximate surface area is 175 Å². The van der Waals surface area contributed by atoms with Gasteiger partial charge in [-0.2, -0.15) is 0 Å². The Morgan fingerprint density at radius 3 is 2.57 bits per heavy atom. The van der Waals surface area contributed by atoms with Gasteiger partial charge in [0.05, 0.1) is 0 Å². The van der Waals surface area contributed by atoms with Crippen molar-refractivity contribution in [2.24, 2.45) is 0 Å². The number of nitrogens with zero attached hydrogens (tertiary/aromatic N) is 5. The number of amides is 2. The first-order valence-corrected chi connectivity index (χ1v) is 10.4. The summed E-state index contributed by atoms with van der Waals surface area (Å²) in [5.41, 5.74) is 3.12. The molecule has 1 aliphatic rings. The topological polar surface area (TPSA) is 83.4 Å². The van der Waals surface area contributed by atoms with Gasteiger partial charge in [0.15, 0.2) is 11.5 Å². The van der Waals surface area contributed by atoms with Crippen LogP contribution in [-0.4, -0.2) is 51.6 Å². The summed E-state index contributed by atoms with van der Waals surface area (Å²) in [6, 6.07) is 11.4. The Bertz CT molecular complexity index is 1120. The first-order valence-electron chi connectivity index (χ1n) is 10.4. The van der Waals surface area contributed by atoms with Crippen molar-refractivity contribution < 1.29 is 4.79 Å². The third kappa shape index (κ3) is 3.72. The maximum atomic E-state index is 13.0. The molecule has 156 valence electrons. The number of benzene rings is 1. The molecular formula is C22H26N6O2. The number of aryl methyl sites for hydroxylation is 2. The molecule has 0 aliphatic carbocycles. The minimum atomic E-state index is -0.140. The zero-order chi connectivity index (χ0) is 21.1. The molecule has 1 fully saturated rings. The van der Waals surface area contributed by atoms with Gasteiger partial charge in [0.25, 0.3) is 5.56 Å². The SMILES string of the molecule is CCc1ccccc1NC(=O)N1CCN(c2nc3cccnc3n(CC)c2=O)CC1. The molecule has 1 N–H and O–H groups in total. The van der Waals surface area contributed by atoms with Gasteiger partial charge in [-0.15, -0.1) is 0 Å². The van der Waals surface area contributed by atoms with Crippen LogP contribution in [0.1, 0.15) is 19.4 Å². The smallest absolute Gasteiger partial charge is 0.321 e. The maximum Gasteiger partial charge on any atom is 0.321 e. The van der Waals surface area contributed by atoms with Crippen LogP contribution in [0.2, 0.25) is 0 Å². The van der Waals surface area contributed by atoms with Gasteiger partial charge < -0.3 is 15.1 Å². The van der Waals surface area contributed by atoms with Crippen LogP contribution in [0.3, 0.4) is 0 Å². The number of para-hydroxylation sites is 1. The lowest BCUT2D eigenvalue weighted by Crippen LogP contribution is -2.51. The summed E-state index contributed by atoms with van der Waals surface area (Å²) in [7, 11) is 0. The molecule has 0 atom stereocenters. The van der Waals surface area contributed by atoms with Crippen molar-refractivity contribution in [1.29, 1.82) is 0 Å². The number of aromatic nitrogens is 3. The van der Waals surface area contributed by atoms with Crippen LogP contribution in [0.5, 0.6) is 0 Å². The number of piperazine rings is 1. The van der Waals surface area contributed by atoms with E-state index in [4.69, 9.17) is 0 Å². The van der Waals surface area contributed by atoms with Crippen molar-refractivity contribution in [2.75, 3.05) is 36.4 Å². The van der Waals surface area contributed by atoms with Gasteiger partial charge in [0.1, 0.15) is 5.52 Å². The molecule has 2 aromatic heterocycles. The van der Waals surface area contributed by atoms with Crippen molar-refractivity contribution in [3.05, 3.63) is 58.5 Å². The highest BCUT2D eigenvalue weighted by molar-refractivity contribution is 5.90. The third-order valence-electron chi connectivity index (χ3n) is 5.51. The lowest BCUT2D eigenvalue weighted by atomic mass is 10.1. The van der Waals surface area contributed by atoms with Gasteiger partial charge in [-0.25, -0.2) is 14.8 Å². The van der Waals surface area contributed by atoms with Gasteiger partial charge >= 0.3 is 6.03 Å². The summed E-state index contributed by atoms with van der Waals surface area (Å²) < 4.78 is 1.65. The Kier molecular flexibility index (Phi) is 5.65. The minimum Gasteiger partial charge on any atom is -0.348 e. The number of carbonyl (C=O) groups excluding carboxylic acids is 1. The summed E-state index contributed by atoms with van der Waals surface area (Å²) in [5.74, 6) is 0.425. The molecule has 4 rings (SSSR count). The second kappa shape index (κ2) is 8.52. The van der Waals surface area contributed by atoms with E-state index in [1.165, 1.54) is 0 Å². The predicted octanol–water partition coefficient (Wildman–Crippen LogP) is 2.73. The second-order valence-corrected chi connectivity index (χ2v) is 7.25. The lowest BCUT2D eigenvalue weighted by Gasteiger charge is -2.35. The summed E-state index contributed by atoms with van der Waals surface area (Å²) in [5, 5.41) is 3.02. The number of urea groups is 1. The molecule has 8 nitrogen and oxygen atoms in total. The van der Waals surface area contributed by atoms with Crippen LogP contribution in [0.4, 0.5) is 16.3 Å². The number of fused-ring (bicyclic) bond motifs is 1. The second-order valence-electron chi connectivity index (χ2n) is 7.25. The predicted molar refractivity (Wildman–Crippen MR) is 118 cm³/mol. The van der Waals surface area contributed by atoms with Crippen molar-refractivity contribution in [1.82, 2.24) is 19.4 Å². The van der Waals surface area contributed by atoms with Crippen LogP contribution >= 0.6 is 0 Å². The first-order chi connectivity index (χ1) is 14.6. The molecule has 0 saturated carbocycles. The van der Waals surface area contributed by atoms with E-state index in [9.17, 15) is 9.59 Å². The van der Waals surface area contributed by atoms with Crippen molar-refractivity contribution in [3.63, 3.8) is 0 Å². The number of hydrogen-bond acceptors (Lipinski definition) is 5. The molecule has 3 heterocycles. The van der Waals surface area contributed by atoms with E-state index in [2.05, 4.69) is 22.2 Å². The molecule has 8 heteroatoms. The normalized spacial score (nSPS) is 14.2. The Hall–Kier alpha value is -3.42. The lowest BCUT2D eigenvalue weighted by molar-refractivity contribution is 0.208. The van der Waals surface area contributed by atoms with Crippen molar-refractivity contribution in [2.45, 2.75) is 26.8 Å². The highest BCUT2D eigenvalue weighted by atomic mass is 16.2. The molecule has 0 unspecified atom stereocenters. The zero-order valence-electron chi connectivity index (χ0n) is 17.3. The summed E-state index contributed by atoms with van der Waals surface area (Å²) >= 11 is 0. The molecule has 1 aliphatic heterocycles. The van der Waals surface area contributed by atoms with Gasteiger partial charge in [-0.05, 0) is 37.1 Å². The number of anilines is 2. The molecule has 2 amide bonds. The van der Waals surface area contributed by atoms with Crippen LogP contribution in [-0.2, 0) is 13.0 Å². The molecule has 3 aromatic rings. The van der Waals surface area contributed by atoms with Gasteiger partial charge in [0, 0.05) is 44.6 Å². The monoisotopic (exact) mass is 406 g/mol. The van der Waals surface area contributed by atoms with E-state index in [0.717, 1.165) is 17.7 Å². The maximum absolute atomic E-state index is 13.0. The van der Waals surface area contributed by atoms with E-state index >= 15 is 0 Å². The zero-order valence-corrected chi connectivity index (χ0v) is 17.3. The average molecular weight is 406 g/mol. The quantitative estimate of drug-likeness (QED) is 0.720. The summed E-state index contributed by atoms with van der Waals surface area (Å²) in [4.78, 5) is 38.3. The average Bonchev–Trinajstić information content (AvgIpc) is 2.79. The Morgan fingerprint density at radius 1 is 1.07 bits per heavy atom. The number of rotatable bonds is 4. The summed E-state index contributed by atoms with van der Waals surface area (Å²) in [6.07, 6.45) is 2.53. The molecular weight excluding hydrogens is 380 g/mol. The highest BCUT2D eigenvalue weighted by Gasteiger charge is 2.25. The van der Waals surface area contributed by atoms with Crippen molar-refractivity contribution >= 4 is 28.7 Å². The largest absolute Gasteiger partial charge is 0.348 e. The Morgan fingerprint density at radius 2 is 1.83 bits per heavy atom. The minimum absolute atomic E-state index is 0.114. The van der Waals surface area contributed by atoms with E-state index in [1.54, 1.807) is 15.7 Å². The number of pyridine rings is 1. The van der Waals surface area contributed by atoms with Crippen LogP contribution in [0, 0.1) is 0 Å². The molecule has 30 heavy (non-hydrogen) atoms. The van der Waals surface area contributed by atoms with Crippen molar-refractivity contribution in [3.8, 4) is 0 Å². The third-order valence-corrected chi connectivity index (χ3v) is 5.51. The fraction of sp³-hybridized carbons (Fsp3) is 0.364. The highest BCUT2D eigenvalue weighted by Crippen LogP contribution is 2.18. The van der Waals surface area contributed by atoms with E-state index < -0.39 is 0 Å². The fourth-order valence-electron chi connectivity index (χ4n) is 3.83. The van der Waals surface area contributed by atoms with Crippen LogP contribution in [0.15, 0.2) is 47.4 Å². The molecule has 0 bridgehead atoms. The molecule has 1 saturated heterocycles. The van der Waals surface area contributed by atoms with Crippen LogP contribution < -0.4 is 15.8 Å². The fourth-order valence-corrected chi connectivity index (χ4v) is 3.83. The van der Waals surface area contributed by atoms with E-state index in [0.29, 0.717) is 49.7 Å². The molecule has 0 spiro atoms. The number of hydrogen-bond donors (Lipinski definition) is 1. The number of nitrogens with one attached hydrogen (secondary N) is 1. The number of carbonyl (C=O) groups is 1. The Balaban J connectivity index is 1.49. The standard InChI is InChI=1S/C22H26N6O2/c1-3-16-8-5-6-9-17(16)25-22(30)27-14-12-26(13-15-27)20-21(29)28(4-2)19-18(24-20)10-7-11-23-19/h5-11H,3-4,12-15H2,1-2H3,(H,25,30).